The molecule has 2 rings (SSSR count). The van der Waals surface area contributed by atoms with E-state index in [2.05, 4.69) is 23.3 Å². The standard InChI is InChI=1S/C15H21N3O/c1-2-13(7-8-19)17-15-12(10-16)9-11-5-3-4-6-14(11)18-15/h9,13,19H,2-8H2,1H3,(H,17,18). The molecule has 1 aliphatic rings. The van der Waals surface area contributed by atoms with Crippen LogP contribution >= 0.6 is 0 Å². The molecule has 0 spiro atoms. The summed E-state index contributed by atoms with van der Waals surface area (Å²) < 4.78 is 0. The van der Waals surface area contributed by atoms with Crippen LogP contribution in [0.15, 0.2) is 6.07 Å². The lowest BCUT2D eigenvalue weighted by molar-refractivity contribution is 0.278. The molecule has 0 fully saturated rings. The molecule has 0 saturated heterocycles. The number of aromatic nitrogens is 1. The van der Waals surface area contributed by atoms with Gasteiger partial charge in [0.2, 0.25) is 0 Å². The molecule has 0 amide bonds. The zero-order valence-electron chi connectivity index (χ0n) is 11.4. The molecule has 1 unspecified atom stereocenters. The molecule has 1 heterocycles. The minimum Gasteiger partial charge on any atom is -0.396 e. The van der Waals surface area contributed by atoms with Crippen LogP contribution in [-0.2, 0) is 12.8 Å². The van der Waals surface area contributed by atoms with Crippen molar-refractivity contribution in [1.29, 1.82) is 5.26 Å². The predicted octanol–water partition coefficient (Wildman–Crippen LogP) is 2.40. The van der Waals surface area contributed by atoms with Crippen LogP contribution in [0, 0.1) is 11.3 Å². The van der Waals surface area contributed by atoms with Crippen molar-refractivity contribution in [2.75, 3.05) is 11.9 Å². The summed E-state index contributed by atoms with van der Waals surface area (Å²) in [5.74, 6) is 0.684. The van der Waals surface area contributed by atoms with Crippen molar-refractivity contribution in [3.05, 3.63) is 22.9 Å². The first kappa shape index (κ1) is 13.8. The molecule has 1 atom stereocenters. The molecule has 2 N–H and O–H groups in total. The van der Waals surface area contributed by atoms with Crippen LogP contribution < -0.4 is 5.32 Å². The Kier molecular flexibility index (Phi) is 4.75. The van der Waals surface area contributed by atoms with Gasteiger partial charge in [0.1, 0.15) is 11.9 Å². The molecule has 1 aromatic heterocycles. The Balaban J connectivity index is 2.26. The highest BCUT2D eigenvalue weighted by Gasteiger charge is 2.16. The zero-order valence-corrected chi connectivity index (χ0v) is 11.4. The molecule has 19 heavy (non-hydrogen) atoms. The third-order valence-corrected chi connectivity index (χ3v) is 3.73. The molecule has 1 aromatic rings. The molecular formula is C15H21N3O. The number of nitriles is 1. The van der Waals surface area contributed by atoms with Crippen molar-refractivity contribution in [2.45, 2.75) is 51.5 Å². The molecule has 0 aliphatic heterocycles. The maximum atomic E-state index is 9.26. The van der Waals surface area contributed by atoms with Gasteiger partial charge in [-0.25, -0.2) is 4.98 Å². The van der Waals surface area contributed by atoms with Crippen LogP contribution in [0.25, 0.3) is 0 Å². The SMILES string of the molecule is CCC(CCO)Nc1nc2c(cc1C#N)CCCC2. The van der Waals surface area contributed by atoms with Crippen molar-refractivity contribution in [1.82, 2.24) is 4.98 Å². The number of rotatable bonds is 5. The van der Waals surface area contributed by atoms with Gasteiger partial charge in [0, 0.05) is 18.3 Å². The van der Waals surface area contributed by atoms with E-state index in [1.54, 1.807) is 0 Å². The molecule has 0 aromatic carbocycles. The highest BCUT2D eigenvalue weighted by Crippen LogP contribution is 2.25. The van der Waals surface area contributed by atoms with E-state index in [0.717, 1.165) is 25.0 Å². The van der Waals surface area contributed by atoms with Crippen LogP contribution in [0.4, 0.5) is 5.82 Å². The highest BCUT2D eigenvalue weighted by molar-refractivity contribution is 5.55. The number of nitrogens with one attached hydrogen (secondary N) is 1. The predicted molar refractivity (Wildman–Crippen MR) is 75.0 cm³/mol. The van der Waals surface area contributed by atoms with Gasteiger partial charge in [0.25, 0.3) is 0 Å². The number of hydrogen-bond acceptors (Lipinski definition) is 4. The Morgan fingerprint density at radius 3 is 2.95 bits per heavy atom. The van der Waals surface area contributed by atoms with Gasteiger partial charge < -0.3 is 10.4 Å². The minimum absolute atomic E-state index is 0.151. The van der Waals surface area contributed by atoms with Gasteiger partial charge in [-0.15, -0.1) is 0 Å². The van der Waals surface area contributed by atoms with E-state index in [1.165, 1.54) is 18.4 Å². The molecule has 1 aliphatic carbocycles. The van der Waals surface area contributed by atoms with Gasteiger partial charge >= 0.3 is 0 Å². The van der Waals surface area contributed by atoms with Crippen molar-refractivity contribution in [3.63, 3.8) is 0 Å². The normalized spacial score (nSPS) is 15.4. The number of nitrogens with zero attached hydrogens (tertiary/aromatic N) is 2. The van der Waals surface area contributed by atoms with E-state index in [4.69, 9.17) is 5.11 Å². The van der Waals surface area contributed by atoms with Crippen LogP contribution in [0.2, 0.25) is 0 Å². The second-order valence-electron chi connectivity index (χ2n) is 5.07. The van der Waals surface area contributed by atoms with Gasteiger partial charge in [-0.1, -0.05) is 6.92 Å². The average molecular weight is 259 g/mol. The largest absolute Gasteiger partial charge is 0.396 e. The van der Waals surface area contributed by atoms with E-state index in [-0.39, 0.29) is 12.6 Å². The first-order chi connectivity index (χ1) is 9.28. The highest BCUT2D eigenvalue weighted by atomic mass is 16.3. The zero-order chi connectivity index (χ0) is 13.7. The Morgan fingerprint density at radius 1 is 1.47 bits per heavy atom. The maximum absolute atomic E-state index is 9.26. The van der Waals surface area contributed by atoms with Crippen LogP contribution in [0.5, 0.6) is 0 Å². The monoisotopic (exact) mass is 259 g/mol. The number of hydrogen-bond donors (Lipinski definition) is 2. The van der Waals surface area contributed by atoms with E-state index in [0.29, 0.717) is 17.8 Å². The number of aliphatic hydroxyl groups excluding tert-OH is 1. The Labute approximate surface area is 114 Å². The van der Waals surface area contributed by atoms with Crippen LogP contribution in [0.1, 0.15) is 49.4 Å². The van der Waals surface area contributed by atoms with E-state index in [9.17, 15) is 5.26 Å². The van der Waals surface area contributed by atoms with Crippen molar-refractivity contribution < 1.29 is 5.11 Å². The fourth-order valence-electron chi connectivity index (χ4n) is 2.56. The molecule has 0 radical (unpaired) electrons. The Hall–Kier alpha value is -1.60. The molecule has 0 saturated carbocycles. The van der Waals surface area contributed by atoms with Gasteiger partial charge in [-0.2, -0.15) is 5.26 Å². The summed E-state index contributed by atoms with van der Waals surface area (Å²) in [6.45, 7) is 2.22. The van der Waals surface area contributed by atoms with Gasteiger partial charge in [0.05, 0.1) is 5.56 Å². The molecule has 0 bridgehead atoms. The fourth-order valence-corrected chi connectivity index (χ4v) is 2.56. The van der Waals surface area contributed by atoms with E-state index >= 15 is 0 Å². The van der Waals surface area contributed by atoms with Crippen molar-refractivity contribution in [3.8, 4) is 6.07 Å². The van der Waals surface area contributed by atoms with E-state index < -0.39 is 0 Å². The van der Waals surface area contributed by atoms with Gasteiger partial charge in [-0.3, -0.25) is 0 Å². The lowest BCUT2D eigenvalue weighted by Gasteiger charge is -2.21. The number of fused-ring (bicyclic) bond motifs is 1. The van der Waals surface area contributed by atoms with Gasteiger partial charge in [0.15, 0.2) is 0 Å². The third-order valence-electron chi connectivity index (χ3n) is 3.73. The summed E-state index contributed by atoms with van der Waals surface area (Å²) in [6.07, 6.45) is 6.00. The molecular weight excluding hydrogens is 238 g/mol. The molecule has 4 heteroatoms. The number of pyridine rings is 1. The van der Waals surface area contributed by atoms with Crippen LogP contribution in [-0.4, -0.2) is 22.7 Å². The summed E-state index contributed by atoms with van der Waals surface area (Å²) in [6, 6.07) is 4.38. The summed E-state index contributed by atoms with van der Waals surface area (Å²) in [7, 11) is 0. The lowest BCUT2D eigenvalue weighted by Crippen LogP contribution is -2.22. The van der Waals surface area contributed by atoms with Crippen molar-refractivity contribution in [2.24, 2.45) is 0 Å². The smallest absolute Gasteiger partial charge is 0.144 e. The van der Waals surface area contributed by atoms with Gasteiger partial charge in [-0.05, 0) is 50.2 Å². The number of anilines is 1. The summed E-state index contributed by atoms with van der Waals surface area (Å²) in [4.78, 5) is 4.64. The van der Waals surface area contributed by atoms with Crippen molar-refractivity contribution >= 4 is 5.82 Å². The maximum Gasteiger partial charge on any atom is 0.144 e. The lowest BCUT2D eigenvalue weighted by atomic mass is 9.95. The van der Waals surface area contributed by atoms with E-state index in [1.807, 2.05) is 6.07 Å². The number of aliphatic hydroxyl groups is 1. The van der Waals surface area contributed by atoms with Crippen LogP contribution in [0.3, 0.4) is 0 Å². The first-order valence-electron chi connectivity index (χ1n) is 7.08. The minimum atomic E-state index is 0.151. The quantitative estimate of drug-likeness (QED) is 0.852. The second-order valence-corrected chi connectivity index (χ2v) is 5.07. The first-order valence-corrected chi connectivity index (χ1v) is 7.08. The number of aryl methyl sites for hydroxylation is 2. The Bertz CT molecular complexity index is 479. The topological polar surface area (TPSA) is 68.9 Å². The fraction of sp³-hybridized carbons (Fsp3) is 0.600. The Morgan fingerprint density at radius 2 is 2.26 bits per heavy atom. The molecule has 4 nitrogen and oxygen atoms in total. The second kappa shape index (κ2) is 6.53. The molecule has 102 valence electrons. The summed E-state index contributed by atoms with van der Waals surface area (Å²) in [5, 5.41) is 21.6. The summed E-state index contributed by atoms with van der Waals surface area (Å²) >= 11 is 0. The summed E-state index contributed by atoms with van der Waals surface area (Å²) in [5.41, 5.74) is 2.98. The third kappa shape index (κ3) is 3.24. The average Bonchev–Trinajstić information content (AvgIpc) is 2.46.